The lowest BCUT2D eigenvalue weighted by molar-refractivity contribution is -0.129. The van der Waals surface area contributed by atoms with Gasteiger partial charge in [-0.15, -0.1) is 0 Å². The van der Waals surface area contributed by atoms with Gasteiger partial charge >= 0.3 is 0 Å². The van der Waals surface area contributed by atoms with E-state index in [1.54, 1.807) is 11.8 Å². The van der Waals surface area contributed by atoms with Crippen molar-refractivity contribution < 1.29 is 4.79 Å². The molecule has 0 saturated heterocycles. The Balaban J connectivity index is 3.72. The van der Waals surface area contributed by atoms with Gasteiger partial charge < -0.3 is 4.90 Å². The molecule has 1 amide bonds. The van der Waals surface area contributed by atoms with Crippen molar-refractivity contribution >= 4 is 5.91 Å². The minimum Gasteiger partial charge on any atom is -0.343 e. The first-order valence-corrected chi connectivity index (χ1v) is 3.33. The van der Waals surface area contributed by atoms with Crippen molar-refractivity contribution in [1.29, 1.82) is 0 Å². The average molecular weight is 129 g/mol. The summed E-state index contributed by atoms with van der Waals surface area (Å²) in [6.07, 6.45) is 1.02. The van der Waals surface area contributed by atoms with Crippen LogP contribution in [0.25, 0.3) is 0 Å². The molecule has 0 aliphatic carbocycles. The zero-order chi connectivity index (χ0) is 7.44. The smallest absolute Gasteiger partial charge is 0.219 e. The number of amides is 1. The first-order valence-electron chi connectivity index (χ1n) is 3.33. The van der Waals surface area contributed by atoms with Crippen molar-refractivity contribution in [3.8, 4) is 0 Å². The maximum absolute atomic E-state index is 10.7. The number of hydrogen-bond donors (Lipinski definition) is 0. The number of nitrogens with zero attached hydrogens (tertiary/aromatic N) is 1. The second-order valence-electron chi connectivity index (χ2n) is 2.39. The average Bonchev–Trinajstić information content (AvgIpc) is 1.84. The number of carbonyl (C=O) groups excluding carboxylic acids is 1. The highest BCUT2D eigenvalue weighted by atomic mass is 16.2. The third kappa shape index (κ3) is 2.49. The molecule has 0 aromatic carbocycles. The standard InChI is InChI=1S/C7H15NO/c1-5-6(2)8(4)7(3)9/h6H,5H2,1-4H3. The molecule has 54 valence electrons. The quantitative estimate of drug-likeness (QED) is 0.549. The van der Waals surface area contributed by atoms with Crippen molar-refractivity contribution in [3.63, 3.8) is 0 Å². The number of rotatable bonds is 2. The molecule has 0 aliphatic rings. The van der Waals surface area contributed by atoms with Gasteiger partial charge in [0, 0.05) is 20.0 Å². The van der Waals surface area contributed by atoms with Gasteiger partial charge in [-0.1, -0.05) is 6.92 Å². The molecule has 1 unspecified atom stereocenters. The van der Waals surface area contributed by atoms with E-state index in [9.17, 15) is 4.79 Å². The van der Waals surface area contributed by atoms with Crippen LogP contribution in [0.5, 0.6) is 0 Å². The van der Waals surface area contributed by atoms with Gasteiger partial charge in [-0.25, -0.2) is 0 Å². The molecule has 0 aromatic heterocycles. The fourth-order valence-corrected chi connectivity index (χ4v) is 0.584. The van der Waals surface area contributed by atoms with E-state index in [1.807, 2.05) is 14.0 Å². The van der Waals surface area contributed by atoms with Gasteiger partial charge in [0.05, 0.1) is 0 Å². The van der Waals surface area contributed by atoms with Crippen molar-refractivity contribution in [2.75, 3.05) is 7.05 Å². The van der Waals surface area contributed by atoms with E-state index in [4.69, 9.17) is 0 Å². The van der Waals surface area contributed by atoms with Crippen LogP contribution in [0.1, 0.15) is 27.2 Å². The second kappa shape index (κ2) is 3.49. The zero-order valence-electron chi connectivity index (χ0n) is 6.64. The van der Waals surface area contributed by atoms with E-state index in [0.29, 0.717) is 6.04 Å². The normalized spacial score (nSPS) is 12.9. The lowest BCUT2D eigenvalue weighted by Crippen LogP contribution is -2.32. The summed E-state index contributed by atoms with van der Waals surface area (Å²) in [7, 11) is 1.83. The van der Waals surface area contributed by atoms with E-state index in [1.165, 1.54) is 0 Å². The Morgan fingerprint density at radius 1 is 1.67 bits per heavy atom. The SMILES string of the molecule is CCC(C)N(C)C(C)=O. The molecular formula is C7H15NO. The molecule has 2 heteroatoms. The van der Waals surface area contributed by atoms with Crippen molar-refractivity contribution in [1.82, 2.24) is 4.90 Å². The van der Waals surface area contributed by atoms with Crippen LogP contribution in [-0.2, 0) is 4.79 Å². The van der Waals surface area contributed by atoms with E-state index in [0.717, 1.165) is 6.42 Å². The van der Waals surface area contributed by atoms with Crippen LogP contribution < -0.4 is 0 Å². The zero-order valence-corrected chi connectivity index (χ0v) is 6.64. The van der Waals surface area contributed by atoms with Crippen LogP contribution in [0.2, 0.25) is 0 Å². The Morgan fingerprint density at radius 3 is 2.22 bits per heavy atom. The Hall–Kier alpha value is -0.530. The van der Waals surface area contributed by atoms with E-state index < -0.39 is 0 Å². The summed E-state index contributed by atoms with van der Waals surface area (Å²) in [5, 5.41) is 0. The van der Waals surface area contributed by atoms with E-state index >= 15 is 0 Å². The molecule has 0 bridgehead atoms. The highest BCUT2D eigenvalue weighted by Gasteiger charge is 2.07. The summed E-state index contributed by atoms with van der Waals surface area (Å²) in [6, 6.07) is 0.377. The highest BCUT2D eigenvalue weighted by Crippen LogP contribution is 1.98. The maximum atomic E-state index is 10.7. The molecule has 9 heavy (non-hydrogen) atoms. The lowest BCUT2D eigenvalue weighted by Gasteiger charge is -2.21. The second-order valence-corrected chi connectivity index (χ2v) is 2.39. The third-order valence-corrected chi connectivity index (χ3v) is 1.75. The van der Waals surface area contributed by atoms with Gasteiger partial charge in [-0.2, -0.15) is 0 Å². The minimum atomic E-state index is 0.143. The summed E-state index contributed by atoms with van der Waals surface area (Å²) < 4.78 is 0. The van der Waals surface area contributed by atoms with Gasteiger partial charge in [0.2, 0.25) is 5.91 Å². The molecule has 0 aliphatic heterocycles. The lowest BCUT2D eigenvalue weighted by atomic mass is 10.2. The molecule has 2 nitrogen and oxygen atoms in total. The number of hydrogen-bond acceptors (Lipinski definition) is 1. The third-order valence-electron chi connectivity index (χ3n) is 1.75. The Morgan fingerprint density at radius 2 is 2.11 bits per heavy atom. The largest absolute Gasteiger partial charge is 0.343 e. The maximum Gasteiger partial charge on any atom is 0.219 e. The molecule has 0 saturated carbocycles. The number of carbonyl (C=O) groups is 1. The molecule has 0 N–H and O–H groups in total. The summed E-state index contributed by atoms with van der Waals surface area (Å²) >= 11 is 0. The van der Waals surface area contributed by atoms with Gasteiger partial charge in [-0.05, 0) is 13.3 Å². The molecular weight excluding hydrogens is 114 g/mol. The summed E-state index contributed by atoms with van der Waals surface area (Å²) in [4.78, 5) is 12.4. The molecule has 0 aromatic rings. The van der Waals surface area contributed by atoms with Gasteiger partial charge in [0.15, 0.2) is 0 Å². The van der Waals surface area contributed by atoms with Crippen LogP contribution in [0.15, 0.2) is 0 Å². The predicted molar refractivity (Wildman–Crippen MR) is 38.2 cm³/mol. The van der Waals surface area contributed by atoms with E-state index in [2.05, 4.69) is 6.92 Å². The molecule has 0 rings (SSSR count). The van der Waals surface area contributed by atoms with Crippen molar-refractivity contribution in [2.24, 2.45) is 0 Å². The molecule has 0 heterocycles. The van der Waals surface area contributed by atoms with Crippen LogP contribution >= 0.6 is 0 Å². The molecule has 0 radical (unpaired) electrons. The summed E-state index contributed by atoms with van der Waals surface area (Å²) in [5.41, 5.74) is 0. The van der Waals surface area contributed by atoms with Gasteiger partial charge in [0.25, 0.3) is 0 Å². The highest BCUT2D eigenvalue weighted by molar-refractivity contribution is 5.73. The van der Waals surface area contributed by atoms with Crippen molar-refractivity contribution in [3.05, 3.63) is 0 Å². The van der Waals surface area contributed by atoms with Gasteiger partial charge in [-0.3, -0.25) is 4.79 Å². The molecule has 0 spiro atoms. The summed E-state index contributed by atoms with van der Waals surface area (Å²) in [5.74, 6) is 0.143. The van der Waals surface area contributed by atoms with Crippen LogP contribution in [0.3, 0.4) is 0 Å². The Kier molecular flexibility index (Phi) is 3.28. The predicted octanol–water partition coefficient (Wildman–Crippen LogP) is 1.26. The topological polar surface area (TPSA) is 20.3 Å². The Labute approximate surface area is 56.9 Å². The monoisotopic (exact) mass is 129 g/mol. The van der Waals surface area contributed by atoms with Gasteiger partial charge in [0.1, 0.15) is 0 Å². The molecule has 0 fully saturated rings. The minimum absolute atomic E-state index is 0.143. The van der Waals surface area contributed by atoms with Crippen molar-refractivity contribution in [2.45, 2.75) is 33.2 Å². The Bertz CT molecular complexity index is 101. The fourth-order valence-electron chi connectivity index (χ4n) is 0.584. The van der Waals surface area contributed by atoms with Crippen LogP contribution in [-0.4, -0.2) is 23.9 Å². The molecule has 1 atom stereocenters. The van der Waals surface area contributed by atoms with Crippen LogP contribution in [0, 0.1) is 0 Å². The van der Waals surface area contributed by atoms with Crippen LogP contribution in [0.4, 0.5) is 0 Å². The van der Waals surface area contributed by atoms with E-state index in [-0.39, 0.29) is 5.91 Å². The first-order chi connectivity index (χ1) is 4.09. The fraction of sp³-hybridized carbons (Fsp3) is 0.857. The first kappa shape index (κ1) is 8.47. The summed E-state index contributed by atoms with van der Waals surface area (Å²) in [6.45, 7) is 5.71.